The number of aryl methyl sites for hydroxylation is 1. The highest BCUT2D eigenvalue weighted by Crippen LogP contribution is 2.17. The zero-order chi connectivity index (χ0) is 13.7. The fourth-order valence-electron chi connectivity index (χ4n) is 1.56. The predicted octanol–water partition coefficient (Wildman–Crippen LogP) is 0.673. The summed E-state index contributed by atoms with van der Waals surface area (Å²) in [7, 11) is 0. The van der Waals surface area contributed by atoms with Crippen LogP contribution >= 0.6 is 11.3 Å². The Hall–Kier alpha value is -1.86. The number of hydrogen-bond donors (Lipinski definition) is 2. The minimum atomic E-state index is -0.204. The van der Waals surface area contributed by atoms with E-state index in [9.17, 15) is 4.79 Å². The summed E-state index contributed by atoms with van der Waals surface area (Å²) in [5.41, 5.74) is 5.94. The number of thiazole rings is 1. The van der Waals surface area contributed by atoms with Crippen LogP contribution in [0, 0.1) is 6.92 Å². The Kier molecular flexibility index (Phi) is 4.53. The molecule has 0 saturated heterocycles. The molecule has 6 nitrogen and oxygen atoms in total. The Balaban J connectivity index is 2.00. The second kappa shape index (κ2) is 6.35. The molecule has 3 N–H and O–H groups in total. The van der Waals surface area contributed by atoms with Crippen molar-refractivity contribution >= 4 is 17.2 Å². The summed E-state index contributed by atoms with van der Waals surface area (Å²) in [5.74, 6) is 0.371. The third kappa shape index (κ3) is 3.55. The van der Waals surface area contributed by atoms with E-state index in [2.05, 4.69) is 20.3 Å². The van der Waals surface area contributed by atoms with Crippen molar-refractivity contribution in [3.8, 4) is 0 Å². The van der Waals surface area contributed by atoms with Gasteiger partial charge in [-0.3, -0.25) is 4.79 Å². The van der Waals surface area contributed by atoms with Crippen LogP contribution in [-0.2, 0) is 13.0 Å². The number of rotatable bonds is 5. The van der Waals surface area contributed by atoms with Gasteiger partial charge in [0, 0.05) is 23.7 Å². The number of carbonyl (C=O) groups is 1. The van der Waals surface area contributed by atoms with Gasteiger partial charge in [-0.25, -0.2) is 15.0 Å². The van der Waals surface area contributed by atoms with Gasteiger partial charge in [-0.05, 0) is 19.5 Å². The lowest BCUT2D eigenvalue weighted by Gasteiger charge is -2.02. The summed E-state index contributed by atoms with van der Waals surface area (Å²) in [6.07, 6.45) is 3.98. The van der Waals surface area contributed by atoms with Gasteiger partial charge in [0.15, 0.2) is 0 Å². The molecule has 0 atom stereocenters. The Labute approximate surface area is 115 Å². The smallest absolute Gasteiger partial charge is 0.271 e. The van der Waals surface area contributed by atoms with Crippen LogP contribution in [-0.4, -0.2) is 27.4 Å². The Morgan fingerprint density at radius 2 is 2.16 bits per heavy atom. The molecule has 0 aliphatic rings. The molecule has 0 spiro atoms. The molecule has 0 radical (unpaired) electrons. The number of nitrogens with two attached hydrogens (primary N) is 1. The zero-order valence-electron chi connectivity index (χ0n) is 10.6. The molecule has 0 aromatic carbocycles. The number of hydrogen-bond acceptors (Lipinski definition) is 6. The first-order chi connectivity index (χ1) is 9.20. The monoisotopic (exact) mass is 277 g/mol. The van der Waals surface area contributed by atoms with Crippen LogP contribution < -0.4 is 11.1 Å². The Morgan fingerprint density at radius 3 is 2.84 bits per heavy atom. The maximum Gasteiger partial charge on any atom is 0.271 e. The molecular formula is C12H15N5OS. The van der Waals surface area contributed by atoms with Crippen LogP contribution in [0.1, 0.15) is 26.2 Å². The average molecular weight is 277 g/mol. The lowest BCUT2D eigenvalue weighted by Crippen LogP contribution is -2.24. The third-order valence-electron chi connectivity index (χ3n) is 2.44. The van der Waals surface area contributed by atoms with E-state index in [1.54, 1.807) is 18.5 Å². The van der Waals surface area contributed by atoms with Gasteiger partial charge in [0.25, 0.3) is 5.91 Å². The second-order valence-corrected chi connectivity index (χ2v) is 5.19. The molecule has 2 aromatic heterocycles. The SMILES string of the molecule is Cc1sc(CCN)nc1C(=O)NCc1ncccn1. The maximum absolute atomic E-state index is 12.0. The highest BCUT2D eigenvalue weighted by molar-refractivity contribution is 7.11. The van der Waals surface area contributed by atoms with Gasteiger partial charge in [0.05, 0.1) is 11.6 Å². The highest BCUT2D eigenvalue weighted by Gasteiger charge is 2.15. The van der Waals surface area contributed by atoms with Crippen LogP contribution in [0.5, 0.6) is 0 Å². The normalized spacial score (nSPS) is 10.4. The van der Waals surface area contributed by atoms with Gasteiger partial charge in [-0.2, -0.15) is 0 Å². The molecule has 0 fully saturated rings. The van der Waals surface area contributed by atoms with E-state index in [1.165, 1.54) is 11.3 Å². The number of nitrogens with zero attached hydrogens (tertiary/aromatic N) is 3. The minimum Gasteiger partial charge on any atom is -0.343 e. The summed E-state index contributed by atoms with van der Waals surface area (Å²) >= 11 is 1.51. The molecule has 0 bridgehead atoms. The van der Waals surface area contributed by atoms with Crippen LogP contribution in [0.25, 0.3) is 0 Å². The van der Waals surface area contributed by atoms with Crippen molar-refractivity contribution in [3.05, 3.63) is 39.9 Å². The molecule has 1 amide bonds. The molecule has 0 aliphatic carbocycles. The van der Waals surface area contributed by atoms with Crippen LogP contribution in [0.2, 0.25) is 0 Å². The van der Waals surface area contributed by atoms with Gasteiger partial charge in [-0.15, -0.1) is 11.3 Å². The fraction of sp³-hybridized carbons (Fsp3) is 0.333. The van der Waals surface area contributed by atoms with E-state index in [-0.39, 0.29) is 5.91 Å². The third-order valence-corrected chi connectivity index (χ3v) is 3.47. The first-order valence-electron chi connectivity index (χ1n) is 5.91. The Bertz CT molecular complexity index is 555. The summed E-state index contributed by atoms with van der Waals surface area (Å²) in [4.78, 5) is 25.3. The molecular weight excluding hydrogens is 262 g/mol. The summed E-state index contributed by atoms with van der Waals surface area (Å²) in [6, 6.07) is 1.73. The van der Waals surface area contributed by atoms with Gasteiger partial charge in [0.2, 0.25) is 0 Å². The van der Waals surface area contributed by atoms with E-state index in [4.69, 9.17) is 5.73 Å². The van der Waals surface area contributed by atoms with Gasteiger partial charge in [0.1, 0.15) is 11.5 Å². The van der Waals surface area contributed by atoms with Crippen LogP contribution in [0.3, 0.4) is 0 Å². The largest absolute Gasteiger partial charge is 0.343 e. The number of amides is 1. The molecule has 2 heterocycles. The standard InChI is InChI=1S/C12H15N5OS/c1-8-11(17-10(19-8)3-4-13)12(18)16-7-9-14-5-2-6-15-9/h2,5-6H,3-4,7,13H2,1H3,(H,16,18). The zero-order valence-corrected chi connectivity index (χ0v) is 11.4. The van der Waals surface area contributed by atoms with Gasteiger partial charge >= 0.3 is 0 Å². The molecule has 7 heteroatoms. The molecule has 0 aliphatic heterocycles. The van der Waals surface area contributed by atoms with E-state index < -0.39 is 0 Å². The van der Waals surface area contributed by atoms with Crippen molar-refractivity contribution in [2.45, 2.75) is 19.9 Å². The Morgan fingerprint density at radius 1 is 1.42 bits per heavy atom. The number of aromatic nitrogens is 3. The molecule has 0 saturated carbocycles. The second-order valence-electron chi connectivity index (χ2n) is 3.90. The van der Waals surface area contributed by atoms with Crippen molar-refractivity contribution in [1.29, 1.82) is 0 Å². The first kappa shape index (κ1) is 13.6. The van der Waals surface area contributed by atoms with Crippen LogP contribution in [0.4, 0.5) is 0 Å². The van der Waals surface area contributed by atoms with E-state index in [0.717, 1.165) is 9.88 Å². The molecule has 100 valence electrons. The lowest BCUT2D eigenvalue weighted by atomic mass is 10.3. The van der Waals surface area contributed by atoms with E-state index in [0.29, 0.717) is 31.0 Å². The fourth-order valence-corrected chi connectivity index (χ4v) is 2.50. The quantitative estimate of drug-likeness (QED) is 0.838. The molecule has 19 heavy (non-hydrogen) atoms. The number of nitrogens with one attached hydrogen (secondary N) is 1. The predicted molar refractivity (Wildman–Crippen MR) is 72.8 cm³/mol. The van der Waals surface area contributed by atoms with Gasteiger partial charge < -0.3 is 11.1 Å². The van der Waals surface area contributed by atoms with Crippen molar-refractivity contribution in [3.63, 3.8) is 0 Å². The summed E-state index contributed by atoms with van der Waals surface area (Å²) in [6.45, 7) is 2.71. The topological polar surface area (TPSA) is 93.8 Å². The van der Waals surface area contributed by atoms with Crippen molar-refractivity contribution < 1.29 is 4.79 Å². The first-order valence-corrected chi connectivity index (χ1v) is 6.73. The van der Waals surface area contributed by atoms with Crippen molar-refractivity contribution in [2.24, 2.45) is 5.73 Å². The highest BCUT2D eigenvalue weighted by atomic mass is 32.1. The van der Waals surface area contributed by atoms with E-state index in [1.807, 2.05) is 6.92 Å². The summed E-state index contributed by atoms with van der Waals surface area (Å²) < 4.78 is 0. The lowest BCUT2D eigenvalue weighted by molar-refractivity contribution is 0.0945. The molecule has 0 unspecified atom stereocenters. The van der Waals surface area contributed by atoms with Crippen LogP contribution in [0.15, 0.2) is 18.5 Å². The maximum atomic E-state index is 12.0. The van der Waals surface area contributed by atoms with Crippen molar-refractivity contribution in [1.82, 2.24) is 20.3 Å². The van der Waals surface area contributed by atoms with Crippen molar-refractivity contribution in [2.75, 3.05) is 6.54 Å². The average Bonchev–Trinajstić information content (AvgIpc) is 2.79. The molecule has 2 rings (SSSR count). The van der Waals surface area contributed by atoms with Gasteiger partial charge in [-0.1, -0.05) is 0 Å². The molecule has 2 aromatic rings. The summed E-state index contributed by atoms with van der Waals surface area (Å²) in [5, 5.41) is 3.65. The van der Waals surface area contributed by atoms with E-state index >= 15 is 0 Å². The minimum absolute atomic E-state index is 0.204. The number of carbonyl (C=O) groups excluding carboxylic acids is 1.